The lowest BCUT2D eigenvalue weighted by atomic mass is 10.2. The van der Waals surface area contributed by atoms with Crippen LogP contribution in [0.5, 0.6) is 5.88 Å². The van der Waals surface area contributed by atoms with E-state index in [-0.39, 0.29) is 12.2 Å². The highest BCUT2D eigenvalue weighted by Gasteiger charge is 2.33. The van der Waals surface area contributed by atoms with Crippen LogP contribution in [0, 0.1) is 0 Å². The summed E-state index contributed by atoms with van der Waals surface area (Å²) in [5, 5.41) is 0. The van der Waals surface area contributed by atoms with Gasteiger partial charge in [0, 0.05) is 20.1 Å². The number of rotatable bonds is 6. The van der Waals surface area contributed by atoms with Crippen molar-refractivity contribution in [3.8, 4) is 5.88 Å². The predicted molar refractivity (Wildman–Crippen MR) is 59.7 cm³/mol. The van der Waals surface area contributed by atoms with Gasteiger partial charge in [0.15, 0.2) is 0 Å². The summed E-state index contributed by atoms with van der Waals surface area (Å²) in [6.45, 7) is 0.452. The highest BCUT2D eigenvalue weighted by atomic mass is 19.4. The third-order valence-corrected chi connectivity index (χ3v) is 2.15. The first-order chi connectivity index (χ1) is 8.86. The molecule has 1 rings (SSSR count). The summed E-state index contributed by atoms with van der Waals surface area (Å²) in [5.41, 5.74) is 3.71. The first kappa shape index (κ1) is 15.2. The van der Waals surface area contributed by atoms with Crippen LogP contribution >= 0.6 is 0 Å². The Bertz CT molecular complexity index is 449. The molecule has 0 fully saturated rings. The number of amides is 1. The summed E-state index contributed by atoms with van der Waals surface area (Å²) in [6.07, 6.45) is -4.16. The fraction of sp³-hybridized carbons (Fsp3) is 0.455. The fourth-order valence-corrected chi connectivity index (χ4v) is 1.27. The Morgan fingerprint density at radius 1 is 1.37 bits per heavy atom. The minimum absolute atomic E-state index is 0.0719. The number of carbonyl (C=O) groups is 1. The summed E-state index contributed by atoms with van der Waals surface area (Å²) in [7, 11) is 1.48. The zero-order valence-electron chi connectivity index (χ0n) is 10.2. The van der Waals surface area contributed by atoms with Crippen LogP contribution in [0.15, 0.2) is 12.1 Å². The normalized spacial score (nSPS) is 11.4. The predicted octanol–water partition coefficient (Wildman–Crippen LogP) is 1.61. The SMILES string of the molecule is COCCCOc1nc(C(F)(F)F)ccc1C(N)=O. The standard InChI is InChI=1S/C11H13F3N2O3/c1-18-5-2-6-19-10-7(9(15)17)3-4-8(16-10)11(12,13)14/h3-4H,2,5-6H2,1H3,(H2,15,17). The molecular weight excluding hydrogens is 265 g/mol. The number of primary amides is 1. The number of ether oxygens (including phenoxy) is 2. The smallest absolute Gasteiger partial charge is 0.433 e. The van der Waals surface area contributed by atoms with Gasteiger partial charge in [-0.25, -0.2) is 4.98 Å². The number of nitrogens with zero attached hydrogens (tertiary/aromatic N) is 1. The van der Waals surface area contributed by atoms with Crippen LogP contribution in [0.3, 0.4) is 0 Å². The molecule has 0 aliphatic rings. The molecule has 8 heteroatoms. The van der Waals surface area contributed by atoms with E-state index in [1.54, 1.807) is 0 Å². The van der Waals surface area contributed by atoms with Crippen molar-refractivity contribution in [3.63, 3.8) is 0 Å². The van der Waals surface area contributed by atoms with Gasteiger partial charge in [-0.15, -0.1) is 0 Å². The van der Waals surface area contributed by atoms with E-state index in [2.05, 4.69) is 4.98 Å². The molecule has 1 aromatic rings. The van der Waals surface area contributed by atoms with E-state index in [0.717, 1.165) is 6.07 Å². The van der Waals surface area contributed by atoms with E-state index < -0.39 is 23.7 Å². The monoisotopic (exact) mass is 278 g/mol. The van der Waals surface area contributed by atoms with Crippen molar-refractivity contribution in [1.29, 1.82) is 0 Å². The number of pyridine rings is 1. The van der Waals surface area contributed by atoms with Crippen molar-refractivity contribution < 1.29 is 27.4 Å². The first-order valence-electron chi connectivity index (χ1n) is 5.36. The van der Waals surface area contributed by atoms with Crippen molar-refractivity contribution in [2.24, 2.45) is 5.73 Å². The summed E-state index contributed by atoms with van der Waals surface area (Å²) < 4.78 is 47.3. The van der Waals surface area contributed by atoms with Gasteiger partial charge < -0.3 is 15.2 Å². The number of nitrogens with two attached hydrogens (primary N) is 1. The Morgan fingerprint density at radius 3 is 2.58 bits per heavy atom. The minimum Gasteiger partial charge on any atom is -0.477 e. The molecule has 1 amide bonds. The third-order valence-electron chi connectivity index (χ3n) is 2.15. The molecule has 0 aliphatic heterocycles. The Kier molecular flexibility index (Phi) is 5.11. The van der Waals surface area contributed by atoms with Crippen molar-refractivity contribution in [1.82, 2.24) is 4.98 Å². The zero-order valence-corrected chi connectivity index (χ0v) is 10.2. The number of hydrogen-bond donors (Lipinski definition) is 1. The maximum absolute atomic E-state index is 12.5. The fourth-order valence-electron chi connectivity index (χ4n) is 1.27. The average molecular weight is 278 g/mol. The lowest BCUT2D eigenvalue weighted by Gasteiger charge is -2.11. The molecule has 2 N–H and O–H groups in total. The van der Waals surface area contributed by atoms with Gasteiger partial charge in [0.1, 0.15) is 11.3 Å². The number of carbonyl (C=O) groups excluding carboxylic acids is 1. The van der Waals surface area contributed by atoms with Crippen LogP contribution in [0.25, 0.3) is 0 Å². The molecule has 0 unspecified atom stereocenters. The van der Waals surface area contributed by atoms with Gasteiger partial charge in [0.05, 0.1) is 6.61 Å². The second kappa shape index (κ2) is 6.37. The highest BCUT2D eigenvalue weighted by Crippen LogP contribution is 2.30. The molecule has 1 aromatic heterocycles. The average Bonchev–Trinajstić information content (AvgIpc) is 2.33. The van der Waals surface area contributed by atoms with Crippen LogP contribution in [-0.4, -0.2) is 31.2 Å². The zero-order chi connectivity index (χ0) is 14.5. The number of alkyl halides is 3. The van der Waals surface area contributed by atoms with E-state index in [0.29, 0.717) is 19.1 Å². The van der Waals surface area contributed by atoms with Gasteiger partial charge in [-0.1, -0.05) is 0 Å². The molecule has 0 saturated heterocycles. The van der Waals surface area contributed by atoms with Gasteiger partial charge >= 0.3 is 6.18 Å². The largest absolute Gasteiger partial charge is 0.477 e. The van der Waals surface area contributed by atoms with E-state index in [4.69, 9.17) is 15.2 Å². The van der Waals surface area contributed by atoms with Gasteiger partial charge in [0.25, 0.3) is 5.91 Å². The second-order valence-corrected chi connectivity index (χ2v) is 3.61. The minimum atomic E-state index is -4.61. The van der Waals surface area contributed by atoms with Crippen LogP contribution < -0.4 is 10.5 Å². The number of methoxy groups -OCH3 is 1. The second-order valence-electron chi connectivity index (χ2n) is 3.61. The van der Waals surface area contributed by atoms with Crippen molar-refractivity contribution in [2.75, 3.05) is 20.3 Å². The molecule has 5 nitrogen and oxygen atoms in total. The highest BCUT2D eigenvalue weighted by molar-refractivity contribution is 5.95. The molecule has 0 saturated carbocycles. The summed E-state index contributed by atoms with van der Waals surface area (Å²) in [4.78, 5) is 14.3. The molecule has 106 valence electrons. The van der Waals surface area contributed by atoms with Crippen LogP contribution in [0.2, 0.25) is 0 Å². The Morgan fingerprint density at radius 2 is 2.05 bits per heavy atom. The summed E-state index contributed by atoms with van der Waals surface area (Å²) in [6, 6.07) is 1.63. The maximum Gasteiger partial charge on any atom is 0.433 e. The van der Waals surface area contributed by atoms with Crippen molar-refractivity contribution in [3.05, 3.63) is 23.4 Å². The van der Waals surface area contributed by atoms with E-state index in [1.807, 2.05) is 0 Å². The molecule has 0 aliphatic carbocycles. The summed E-state index contributed by atoms with van der Waals surface area (Å²) in [5.74, 6) is -1.32. The van der Waals surface area contributed by atoms with E-state index in [9.17, 15) is 18.0 Å². The first-order valence-corrected chi connectivity index (χ1v) is 5.36. The van der Waals surface area contributed by atoms with Crippen LogP contribution in [-0.2, 0) is 10.9 Å². The quantitative estimate of drug-likeness (QED) is 0.802. The molecule has 0 aromatic carbocycles. The van der Waals surface area contributed by atoms with E-state index >= 15 is 0 Å². The molecular formula is C11H13F3N2O3. The Labute approximate surface area is 107 Å². The lowest BCUT2D eigenvalue weighted by molar-refractivity contribution is -0.141. The van der Waals surface area contributed by atoms with E-state index in [1.165, 1.54) is 7.11 Å². The van der Waals surface area contributed by atoms with Crippen LogP contribution in [0.1, 0.15) is 22.5 Å². The van der Waals surface area contributed by atoms with Gasteiger partial charge in [-0.2, -0.15) is 13.2 Å². The molecule has 0 bridgehead atoms. The number of hydrogen-bond acceptors (Lipinski definition) is 4. The summed E-state index contributed by atoms with van der Waals surface area (Å²) >= 11 is 0. The number of halogens is 3. The van der Waals surface area contributed by atoms with Gasteiger partial charge in [0.2, 0.25) is 5.88 Å². The lowest BCUT2D eigenvalue weighted by Crippen LogP contribution is -2.17. The third kappa shape index (κ3) is 4.40. The van der Waals surface area contributed by atoms with Gasteiger partial charge in [-0.05, 0) is 12.1 Å². The molecule has 0 radical (unpaired) electrons. The van der Waals surface area contributed by atoms with Crippen LogP contribution in [0.4, 0.5) is 13.2 Å². The molecule has 19 heavy (non-hydrogen) atoms. The maximum atomic E-state index is 12.5. The van der Waals surface area contributed by atoms with Crippen molar-refractivity contribution in [2.45, 2.75) is 12.6 Å². The Balaban J connectivity index is 2.93. The topological polar surface area (TPSA) is 74.4 Å². The Hall–Kier alpha value is -1.83. The molecule has 0 spiro atoms. The van der Waals surface area contributed by atoms with Crippen molar-refractivity contribution >= 4 is 5.91 Å². The molecule has 1 heterocycles. The van der Waals surface area contributed by atoms with Gasteiger partial charge in [-0.3, -0.25) is 4.79 Å². The molecule has 0 atom stereocenters. The number of aromatic nitrogens is 1.